The molecule has 0 amide bonds. The molecule has 56 valence electrons. The van der Waals surface area contributed by atoms with Gasteiger partial charge in [-0.15, -0.1) is 0 Å². The van der Waals surface area contributed by atoms with Crippen LogP contribution in [0.1, 0.15) is 25.7 Å². The lowest BCUT2D eigenvalue weighted by molar-refractivity contribution is 0.300. The molecule has 0 saturated heterocycles. The van der Waals surface area contributed by atoms with Crippen LogP contribution in [-0.4, -0.2) is 17.4 Å². The molecule has 1 saturated carbocycles. The summed E-state index contributed by atoms with van der Waals surface area (Å²) in [4.78, 5) is 0. The Hall–Kier alpha value is -0.570. The van der Waals surface area contributed by atoms with Gasteiger partial charge in [0.1, 0.15) is 0 Å². The van der Waals surface area contributed by atoms with Crippen LogP contribution in [0.3, 0.4) is 0 Å². The van der Waals surface area contributed by atoms with Gasteiger partial charge in [-0.1, -0.05) is 6.42 Å². The normalized spacial score (nSPS) is 31.9. The second kappa shape index (κ2) is 2.23. The third-order valence-corrected chi connectivity index (χ3v) is 2.37. The van der Waals surface area contributed by atoms with E-state index in [0.717, 1.165) is 6.54 Å². The maximum Gasteiger partial charge on any atom is 0.0611 e. The van der Waals surface area contributed by atoms with Gasteiger partial charge in [0.15, 0.2) is 0 Å². The van der Waals surface area contributed by atoms with Gasteiger partial charge in [-0.3, -0.25) is 0 Å². The highest BCUT2D eigenvalue weighted by atomic mass is 15.6. The number of fused-ring (bicyclic) bond motifs is 1. The molecule has 1 aliphatic carbocycles. The lowest BCUT2D eigenvalue weighted by Gasteiger charge is -2.16. The lowest BCUT2D eigenvalue weighted by Crippen LogP contribution is -2.26. The molecule has 0 aromatic heterocycles. The number of hydrazone groups is 1. The van der Waals surface area contributed by atoms with Crippen LogP contribution in [0.4, 0.5) is 0 Å². The van der Waals surface area contributed by atoms with Crippen molar-refractivity contribution in [3.63, 3.8) is 0 Å². The van der Waals surface area contributed by atoms with E-state index in [4.69, 9.17) is 5.84 Å². The number of nitrogens with two attached hydrogens (primary N) is 1. The monoisotopic (exact) mass is 139 g/mol. The topological polar surface area (TPSA) is 41.6 Å². The van der Waals surface area contributed by atoms with Crippen LogP contribution in [0.2, 0.25) is 0 Å². The van der Waals surface area contributed by atoms with E-state index in [2.05, 4.69) is 5.10 Å². The summed E-state index contributed by atoms with van der Waals surface area (Å²) in [6.07, 6.45) is 5.14. The van der Waals surface area contributed by atoms with Crippen LogP contribution in [0.15, 0.2) is 5.10 Å². The first kappa shape index (κ1) is 6.16. The highest BCUT2D eigenvalue weighted by Gasteiger charge is 2.26. The van der Waals surface area contributed by atoms with E-state index in [1.54, 1.807) is 5.12 Å². The van der Waals surface area contributed by atoms with E-state index in [1.807, 2.05) is 0 Å². The molecule has 0 spiro atoms. The second-order valence-corrected chi connectivity index (χ2v) is 3.16. The number of nitrogens with zero attached hydrogens (tertiary/aromatic N) is 2. The van der Waals surface area contributed by atoms with E-state index in [9.17, 15) is 0 Å². The van der Waals surface area contributed by atoms with E-state index >= 15 is 0 Å². The number of hydrogen-bond acceptors (Lipinski definition) is 3. The molecule has 10 heavy (non-hydrogen) atoms. The largest absolute Gasteiger partial charge is 0.232 e. The van der Waals surface area contributed by atoms with E-state index < -0.39 is 0 Å². The maximum atomic E-state index is 5.54. The van der Waals surface area contributed by atoms with Crippen molar-refractivity contribution >= 4 is 5.71 Å². The minimum atomic E-state index is 0.693. The molecule has 1 aliphatic heterocycles. The molecule has 3 heteroatoms. The second-order valence-electron chi connectivity index (χ2n) is 3.16. The first-order chi connectivity index (χ1) is 4.86. The molecule has 0 bridgehead atoms. The van der Waals surface area contributed by atoms with Crippen LogP contribution in [0.25, 0.3) is 0 Å². The molecule has 1 unspecified atom stereocenters. The predicted molar refractivity (Wildman–Crippen MR) is 40.3 cm³/mol. The standard InChI is InChI=1S/C7H13N3/c8-10-5-6-3-1-2-4-7(6)9-10/h6H,1-5,8H2. The quantitative estimate of drug-likeness (QED) is 0.502. The van der Waals surface area contributed by atoms with Crippen molar-refractivity contribution in [2.45, 2.75) is 25.7 Å². The van der Waals surface area contributed by atoms with Crippen molar-refractivity contribution in [2.24, 2.45) is 16.9 Å². The average molecular weight is 139 g/mol. The van der Waals surface area contributed by atoms with Crippen LogP contribution in [0.5, 0.6) is 0 Å². The SMILES string of the molecule is NN1CC2CCCCC2=N1. The van der Waals surface area contributed by atoms with Crippen LogP contribution in [0, 0.1) is 5.92 Å². The van der Waals surface area contributed by atoms with Gasteiger partial charge in [0.2, 0.25) is 0 Å². The molecule has 2 rings (SSSR count). The molecule has 1 fully saturated rings. The summed E-state index contributed by atoms with van der Waals surface area (Å²) in [7, 11) is 0. The Labute approximate surface area is 60.9 Å². The fourth-order valence-corrected chi connectivity index (χ4v) is 1.83. The molecular formula is C7H13N3. The smallest absolute Gasteiger partial charge is 0.0611 e. The highest BCUT2D eigenvalue weighted by molar-refractivity contribution is 5.88. The summed E-state index contributed by atoms with van der Waals surface area (Å²) >= 11 is 0. The molecular weight excluding hydrogens is 126 g/mol. The zero-order chi connectivity index (χ0) is 6.97. The van der Waals surface area contributed by atoms with Crippen molar-refractivity contribution in [1.29, 1.82) is 0 Å². The fourth-order valence-electron chi connectivity index (χ4n) is 1.83. The lowest BCUT2D eigenvalue weighted by atomic mass is 9.88. The Morgan fingerprint density at radius 2 is 2.40 bits per heavy atom. The first-order valence-electron chi connectivity index (χ1n) is 3.96. The molecule has 2 aliphatic rings. The van der Waals surface area contributed by atoms with Crippen molar-refractivity contribution in [1.82, 2.24) is 5.12 Å². The summed E-state index contributed by atoms with van der Waals surface area (Å²) in [5, 5.41) is 5.83. The molecule has 0 radical (unpaired) electrons. The summed E-state index contributed by atoms with van der Waals surface area (Å²) < 4.78 is 0. The Balaban J connectivity index is 2.10. The third kappa shape index (κ3) is 0.904. The number of hydrogen-bond donors (Lipinski definition) is 1. The number of hydrazine groups is 1. The third-order valence-electron chi connectivity index (χ3n) is 2.37. The molecule has 0 aromatic rings. The van der Waals surface area contributed by atoms with Gasteiger partial charge in [-0.05, 0) is 19.3 Å². The van der Waals surface area contributed by atoms with Crippen LogP contribution < -0.4 is 5.84 Å². The number of rotatable bonds is 0. The Kier molecular flexibility index (Phi) is 1.38. The van der Waals surface area contributed by atoms with E-state index in [-0.39, 0.29) is 0 Å². The summed E-state index contributed by atoms with van der Waals surface area (Å²) in [6.45, 7) is 0.954. The van der Waals surface area contributed by atoms with Crippen molar-refractivity contribution in [3.8, 4) is 0 Å². The van der Waals surface area contributed by atoms with Gasteiger partial charge in [0.25, 0.3) is 0 Å². The van der Waals surface area contributed by atoms with Crippen LogP contribution >= 0.6 is 0 Å². The van der Waals surface area contributed by atoms with Crippen LogP contribution in [-0.2, 0) is 0 Å². The maximum absolute atomic E-state index is 5.54. The molecule has 1 atom stereocenters. The van der Waals surface area contributed by atoms with Gasteiger partial charge < -0.3 is 0 Å². The van der Waals surface area contributed by atoms with Crippen molar-refractivity contribution in [2.75, 3.05) is 6.54 Å². The van der Waals surface area contributed by atoms with E-state index in [1.165, 1.54) is 31.4 Å². The Bertz CT molecular complexity index is 164. The zero-order valence-electron chi connectivity index (χ0n) is 6.08. The summed E-state index contributed by atoms with van der Waals surface area (Å²) in [5.74, 6) is 6.23. The zero-order valence-corrected chi connectivity index (χ0v) is 6.08. The Morgan fingerprint density at radius 3 is 3.20 bits per heavy atom. The van der Waals surface area contributed by atoms with Gasteiger partial charge in [0.05, 0.1) is 6.54 Å². The molecule has 1 heterocycles. The van der Waals surface area contributed by atoms with Crippen molar-refractivity contribution in [3.05, 3.63) is 0 Å². The fraction of sp³-hybridized carbons (Fsp3) is 0.857. The highest BCUT2D eigenvalue weighted by Crippen LogP contribution is 2.25. The molecule has 0 aromatic carbocycles. The average Bonchev–Trinajstić information content (AvgIpc) is 2.27. The first-order valence-corrected chi connectivity index (χ1v) is 3.96. The van der Waals surface area contributed by atoms with E-state index in [0.29, 0.717) is 5.92 Å². The van der Waals surface area contributed by atoms with Crippen molar-refractivity contribution < 1.29 is 0 Å². The summed E-state index contributed by atoms with van der Waals surface area (Å²) in [6, 6.07) is 0. The Morgan fingerprint density at radius 1 is 1.50 bits per heavy atom. The minimum absolute atomic E-state index is 0.693. The predicted octanol–water partition coefficient (Wildman–Crippen LogP) is 0.722. The molecule has 2 N–H and O–H groups in total. The van der Waals surface area contributed by atoms with Gasteiger partial charge in [-0.25, -0.2) is 11.0 Å². The van der Waals surface area contributed by atoms with Gasteiger partial charge >= 0.3 is 0 Å². The summed E-state index contributed by atoms with van der Waals surface area (Å²) in [5.41, 5.74) is 1.34. The van der Waals surface area contributed by atoms with Gasteiger partial charge in [-0.2, -0.15) is 5.10 Å². The minimum Gasteiger partial charge on any atom is -0.232 e. The van der Waals surface area contributed by atoms with Gasteiger partial charge in [0, 0.05) is 11.6 Å². The molecule has 3 nitrogen and oxygen atoms in total.